The third-order valence-corrected chi connectivity index (χ3v) is 2.60. The summed E-state index contributed by atoms with van der Waals surface area (Å²) < 4.78 is 35.5. The maximum absolute atomic E-state index is 9.67. The van der Waals surface area contributed by atoms with Crippen molar-refractivity contribution >= 4 is 56.2 Å². The average molecular weight is 214 g/mol. The topological polar surface area (TPSA) is 9.23 Å². The summed E-state index contributed by atoms with van der Waals surface area (Å²) in [7, 11) is -1.95. The Labute approximate surface area is 109 Å². The Kier molecular flexibility index (Phi) is 8.18. The summed E-state index contributed by atoms with van der Waals surface area (Å²) in [5.41, 5.74) is 0. The van der Waals surface area contributed by atoms with Gasteiger partial charge in [-0.3, -0.25) is 12.9 Å². The van der Waals surface area contributed by atoms with E-state index < -0.39 is 7.54 Å². The van der Waals surface area contributed by atoms with Crippen LogP contribution >= 0.6 is 0 Å². The Balaban J connectivity index is 0.000000310. The Morgan fingerprint density at radius 2 is 1.69 bits per heavy atom. The van der Waals surface area contributed by atoms with E-state index in [4.69, 9.17) is 4.74 Å². The number of para-hydroxylation sites is 1. The van der Waals surface area contributed by atoms with Crippen LogP contribution in [0.1, 0.15) is 0 Å². The monoisotopic (exact) mass is 214 g/mol. The molecule has 1 aromatic carbocycles. The second kappa shape index (κ2) is 7.87. The molecule has 0 N–H and O–H groups in total. The van der Waals surface area contributed by atoms with Gasteiger partial charge in [0.15, 0.2) is 0 Å². The summed E-state index contributed by atoms with van der Waals surface area (Å²) in [6.45, 7) is 0. The van der Waals surface area contributed by atoms with Gasteiger partial charge in [0.2, 0.25) is 0 Å². The average Bonchev–Trinajstić information content (AvgIpc) is 2.04. The largest absolute Gasteiger partial charge is 0.762 e. The minimum Gasteiger partial charge on any atom is -0.254 e. The molecule has 0 aliphatic rings. The van der Waals surface area contributed by atoms with Crippen molar-refractivity contribution in [1.29, 1.82) is 0 Å². The van der Waals surface area contributed by atoms with Crippen LogP contribution in [0.15, 0.2) is 24.3 Å². The molecule has 13 heavy (non-hydrogen) atoms. The molecule has 0 atom stereocenters. The van der Waals surface area contributed by atoms with E-state index in [1.54, 1.807) is 7.11 Å². The van der Waals surface area contributed by atoms with Crippen LogP contribution < -0.4 is 4.39 Å². The normalized spacial score (nSPS) is 8.46. The molecule has 0 bridgehead atoms. The molecule has 0 saturated heterocycles. The first-order valence-corrected chi connectivity index (χ1v) is 5.16. The number of hydrogen-bond donors (Lipinski definition) is 0. The third kappa shape index (κ3) is 7.57. The Morgan fingerprint density at radius 1 is 1.23 bits per heavy atom. The molecular formula is C7H7BF3KO. The van der Waals surface area contributed by atoms with Crippen LogP contribution in [-0.4, -0.2) is 63.6 Å². The minimum atomic E-state index is -3.67. The standard InChI is InChI=1S/C7H7O.BF3.K/c1-8-7-5-3-2-4-6-7;2-1(3)4;/h2-5H,1H3;;. The smallest absolute Gasteiger partial charge is 0.254 e. The predicted molar refractivity (Wildman–Crippen MR) is 47.5 cm³/mol. The molecule has 1 nitrogen and oxygen atoms in total. The zero-order chi connectivity index (χ0) is 10.3. The van der Waals surface area contributed by atoms with Crippen LogP contribution in [-0.2, 0) is 0 Å². The van der Waals surface area contributed by atoms with Crippen molar-refractivity contribution in [2.45, 2.75) is 0 Å². The number of halogens is 3. The van der Waals surface area contributed by atoms with Crippen LogP contribution in [0.4, 0.5) is 12.9 Å². The van der Waals surface area contributed by atoms with Crippen LogP contribution in [0.5, 0.6) is 5.75 Å². The molecule has 0 heterocycles. The second-order valence-electron chi connectivity index (χ2n) is 2.22. The minimum absolute atomic E-state index is 0.722. The van der Waals surface area contributed by atoms with Crippen LogP contribution in [0, 0.1) is 0 Å². The van der Waals surface area contributed by atoms with Crippen molar-refractivity contribution in [2.24, 2.45) is 0 Å². The van der Waals surface area contributed by atoms with Gasteiger partial charge < -0.3 is 0 Å². The molecule has 0 saturated carbocycles. The maximum Gasteiger partial charge on any atom is 0.762 e. The molecule has 1 rings (SSSR count). The molecule has 0 fully saturated rings. The molecule has 0 aliphatic carbocycles. The van der Waals surface area contributed by atoms with Gasteiger partial charge in [0.25, 0.3) is 0 Å². The van der Waals surface area contributed by atoms with Crippen LogP contribution in [0.25, 0.3) is 0 Å². The molecule has 1 aromatic rings. The predicted octanol–water partition coefficient (Wildman–Crippen LogP) is 1.37. The van der Waals surface area contributed by atoms with Gasteiger partial charge in [-0.1, -0.05) is 0 Å². The molecule has 0 aliphatic heterocycles. The van der Waals surface area contributed by atoms with Gasteiger partial charge in [-0.25, -0.2) is 0 Å². The Bertz CT molecular complexity index is 244. The van der Waals surface area contributed by atoms with Gasteiger partial charge in [-0.05, 0) is 0 Å². The SMILES string of the molecule is COc1cccc[c]1[K].FB(F)F. The van der Waals surface area contributed by atoms with E-state index >= 15 is 0 Å². The quantitative estimate of drug-likeness (QED) is 0.641. The van der Waals surface area contributed by atoms with E-state index in [9.17, 15) is 12.9 Å². The van der Waals surface area contributed by atoms with E-state index in [0.29, 0.717) is 0 Å². The van der Waals surface area contributed by atoms with Crippen molar-refractivity contribution in [1.82, 2.24) is 0 Å². The fraction of sp³-hybridized carbons (Fsp3) is 0.143. The van der Waals surface area contributed by atoms with Crippen molar-refractivity contribution in [3.05, 3.63) is 24.3 Å². The second-order valence-corrected chi connectivity index (χ2v) is 3.90. The number of rotatable bonds is 1. The summed E-state index contributed by atoms with van der Waals surface area (Å²) in [6.07, 6.45) is 0. The fourth-order valence-corrected chi connectivity index (χ4v) is 1.66. The number of methoxy groups -OCH3 is 1. The third-order valence-electron chi connectivity index (χ3n) is 1.31. The van der Waals surface area contributed by atoms with Crippen molar-refractivity contribution in [3.63, 3.8) is 0 Å². The first-order chi connectivity index (χ1) is 6.07. The van der Waals surface area contributed by atoms with Gasteiger partial charge in [0.1, 0.15) is 0 Å². The molecule has 0 spiro atoms. The zero-order valence-corrected chi connectivity index (χ0v) is 10.6. The molecule has 66 valence electrons. The summed E-state index contributed by atoms with van der Waals surface area (Å²) in [5, 5.41) is 0. The van der Waals surface area contributed by atoms with E-state index in [2.05, 4.69) is 6.07 Å². The van der Waals surface area contributed by atoms with Gasteiger partial charge in [-0.2, -0.15) is 0 Å². The van der Waals surface area contributed by atoms with Crippen LogP contribution in [0.3, 0.4) is 0 Å². The van der Waals surface area contributed by atoms with E-state index in [-0.39, 0.29) is 0 Å². The van der Waals surface area contributed by atoms with Gasteiger partial charge in [-0.15, -0.1) is 0 Å². The summed E-state index contributed by atoms with van der Waals surface area (Å²) in [6, 6.07) is 8.15. The first-order valence-electron chi connectivity index (χ1n) is 3.59. The van der Waals surface area contributed by atoms with Crippen molar-refractivity contribution < 1.29 is 17.7 Å². The van der Waals surface area contributed by atoms with Gasteiger partial charge >= 0.3 is 98.0 Å². The number of hydrogen-bond acceptors (Lipinski definition) is 1. The zero-order valence-electron chi connectivity index (χ0n) is 7.43. The summed E-state index contributed by atoms with van der Waals surface area (Å²) >= 11 is 0.722. The summed E-state index contributed by atoms with van der Waals surface area (Å²) in [4.78, 5) is 0. The number of ether oxygens (including phenoxy) is 1. The molecule has 0 radical (unpaired) electrons. The van der Waals surface area contributed by atoms with Crippen molar-refractivity contribution in [3.8, 4) is 5.75 Å². The van der Waals surface area contributed by atoms with Gasteiger partial charge in [0, 0.05) is 0 Å². The molecule has 6 heteroatoms. The van der Waals surface area contributed by atoms with E-state index in [1.165, 1.54) is -0.342 Å². The maximum atomic E-state index is 9.67. The summed E-state index contributed by atoms with van der Waals surface area (Å²) in [5.74, 6) is 1.04. The molecular weight excluding hydrogens is 207 g/mol. The molecule has 0 unspecified atom stereocenters. The van der Waals surface area contributed by atoms with E-state index in [0.717, 1.165) is 54.7 Å². The van der Waals surface area contributed by atoms with Crippen molar-refractivity contribution in [2.75, 3.05) is 7.11 Å². The number of benzene rings is 1. The Hall–Kier alpha value is 0.511. The Morgan fingerprint density at radius 3 is 2.00 bits per heavy atom. The van der Waals surface area contributed by atoms with E-state index in [1.807, 2.05) is 18.2 Å². The fourth-order valence-electron chi connectivity index (χ4n) is 0.785. The van der Waals surface area contributed by atoms with Gasteiger partial charge in [0.05, 0.1) is 0 Å². The first kappa shape index (κ1) is 13.5. The molecule has 0 amide bonds. The molecule has 0 aromatic heterocycles. The van der Waals surface area contributed by atoms with Crippen LogP contribution in [0.2, 0.25) is 0 Å².